The molecule has 0 aromatic heterocycles. The summed E-state index contributed by atoms with van der Waals surface area (Å²) in [7, 11) is 0. The van der Waals surface area contributed by atoms with Gasteiger partial charge in [-0.05, 0) is 70.6 Å². The van der Waals surface area contributed by atoms with Gasteiger partial charge in [-0.1, -0.05) is 120 Å². The molecule has 5 heteroatoms. The van der Waals surface area contributed by atoms with Crippen molar-refractivity contribution in [1.82, 2.24) is 0 Å². The maximum absolute atomic E-state index is 12.1. The van der Waals surface area contributed by atoms with Crippen molar-refractivity contribution in [2.75, 3.05) is 13.2 Å². The van der Waals surface area contributed by atoms with Gasteiger partial charge in [-0.3, -0.25) is 9.59 Å². The lowest BCUT2D eigenvalue weighted by molar-refractivity contribution is -0.161. The lowest BCUT2D eigenvalue weighted by atomic mass is 10.1. The zero-order valence-corrected chi connectivity index (χ0v) is 27.2. The Kier molecular flexibility index (Phi) is 31.7. The van der Waals surface area contributed by atoms with Crippen molar-refractivity contribution >= 4 is 11.9 Å². The van der Waals surface area contributed by atoms with Crippen LogP contribution in [0.1, 0.15) is 155 Å². The molecule has 0 aromatic carbocycles. The normalized spacial score (nSPS) is 12.7. The molecule has 0 rings (SSSR count). The van der Waals surface area contributed by atoms with Crippen LogP contribution >= 0.6 is 0 Å². The van der Waals surface area contributed by atoms with Crippen LogP contribution in [0.15, 0.2) is 48.6 Å². The van der Waals surface area contributed by atoms with E-state index in [1.807, 2.05) is 0 Å². The fraction of sp³-hybridized carbons (Fsp3) is 0.730. The van der Waals surface area contributed by atoms with Gasteiger partial charge in [-0.2, -0.15) is 0 Å². The molecule has 0 fully saturated rings. The van der Waals surface area contributed by atoms with Crippen LogP contribution in [0, 0.1) is 0 Å². The zero-order chi connectivity index (χ0) is 30.8. The van der Waals surface area contributed by atoms with E-state index < -0.39 is 6.10 Å². The van der Waals surface area contributed by atoms with Gasteiger partial charge in [0, 0.05) is 12.8 Å². The minimum Gasteiger partial charge on any atom is -0.462 e. The Hall–Kier alpha value is -2.14. The molecular formula is C37H64O5. The smallest absolute Gasteiger partial charge is 0.306 e. The molecule has 5 nitrogen and oxygen atoms in total. The van der Waals surface area contributed by atoms with Crippen LogP contribution in [0.5, 0.6) is 0 Å². The fourth-order valence-corrected chi connectivity index (χ4v) is 4.50. The number of rotatable bonds is 30. The van der Waals surface area contributed by atoms with Gasteiger partial charge in [0.05, 0.1) is 6.61 Å². The number of carbonyl (C=O) groups is 2. The largest absolute Gasteiger partial charge is 0.462 e. The molecule has 0 amide bonds. The highest BCUT2D eigenvalue weighted by atomic mass is 16.6. The molecule has 0 heterocycles. The first-order valence-electron chi connectivity index (χ1n) is 17.2. The lowest BCUT2D eigenvalue weighted by Crippen LogP contribution is -2.28. The minimum atomic E-state index is -0.782. The average molecular weight is 589 g/mol. The van der Waals surface area contributed by atoms with Crippen LogP contribution in [-0.4, -0.2) is 36.4 Å². The topological polar surface area (TPSA) is 72.8 Å². The molecule has 0 spiro atoms. The minimum absolute atomic E-state index is 0.0783. The summed E-state index contributed by atoms with van der Waals surface area (Å²) in [5, 5.41) is 9.51. The molecule has 1 N–H and O–H groups in total. The Labute approximate surface area is 258 Å². The quantitative estimate of drug-likeness (QED) is 0.0513. The maximum atomic E-state index is 12.1. The molecule has 0 radical (unpaired) electrons. The first-order valence-corrected chi connectivity index (χ1v) is 17.2. The monoisotopic (exact) mass is 588 g/mol. The van der Waals surface area contributed by atoms with Crippen LogP contribution in [0.4, 0.5) is 0 Å². The van der Waals surface area contributed by atoms with E-state index in [2.05, 4.69) is 62.5 Å². The molecule has 0 aliphatic rings. The van der Waals surface area contributed by atoms with Crippen LogP contribution in [-0.2, 0) is 19.1 Å². The zero-order valence-electron chi connectivity index (χ0n) is 27.2. The van der Waals surface area contributed by atoms with Crippen LogP contribution in [0.2, 0.25) is 0 Å². The molecule has 242 valence electrons. The molecule has 42 heavy (non-hydrogen) atoms. The van der Waals surface area contributed by atoms with Crippen LogP contribution in [0.25, 0.3) is 0 Å². The van der Waals surface area contributed by atoms with Crippen molar-refractivity contribution in [3.8, 4) is 0 Å². The van der Waals surface area contributed by atoms with Gasteiger partial charge in [0.15, 0.2) is 6.10 Å². The number of unbranched alkanes of at least 4 members (excludes halogenated alkanes) is 14. The number of hydrogen-bond acceptors (Lipinski definition) is 5. The van der Waals surface area contributed by atoms with Gasteiger partial charge in [0.2, 0.25) is 0 Å². The molecule has 0 bridgehead atoms. The average Bonchev–Trinajstić information content (AvgIpc) is 2.99. The number of aliphatic hydroxyl groups excluding tert-OH is 1. The van der Waals surface area contributed by atoms with Gasteiger partial charge < -0.3 is 14.6 Å². The third kappa shape index (κ3) is 30.8. The van der Waals surface area contributed by atoms with Gasteiger partial charge >= 0.3 is 11.9 Å². The second-order valence-corrected chi connectivity index (χ2v) is 11.2. The number of carbonyl (C=O) groups excluding carboxylic acids is 2. The standard InChI is InChI=1S/C37H64O5/c1-3-5-7-9-11-13-15-17-18-20-22-24-26-28-30-32-37(40)42-35(33-38)34-41-36(39)31-29-27-25-23-21-19-16-14-12-10-8-6-4-2/h5,7,11,13-14,16-18,35,38H,3-4,6,8-10,12,15,19-34H2,1-2H3/b7-5-,13-11-,16-14-,18-17-/t35-/m0/s1. The molecule has 0 saturated heterocycles. The predicted molar refractivity (Wildman–Crippen MR) is 177 cm³/mol. The van der Waals surface area contributed by atoms with Crippen molar-refractivity contribution in [1.29, 1.82) is 0 Å². The number of ether oxygens (including phenoxy) is 2. The van der Waals surface area contributed by atoms with Gasteiger partial charge in [-0.15, -0.1) is 0 Å². The number of aliphatic hydroxyl groups is 1. The van der Waals surface area contributed by atoms with Crippen molar-refractivity contribution in [3.63, 3.8) is 0 Å². The van der Waals surface area contributed by atoms with Gasteiger partial charge in [0.1, 0.15) is 6.61 Å². The molecule has 0 saturated carbocycles. The van der Waals surface area contributed by atoms with E-state index in [0.29, 0.717) is 12.8 Å². The Balaban J connectivity index is 3.64. The summed E-state index contributed by atoms with van der Waals surface area (Å²) < 4.78 is 10.5. The van der Waals surface area contributed by atoms with E-state index in [1.165, 1.54) is 51.4 Å². The van der Waals surface area contributed by atoms with Crippen molar-refractivity contribution in [2.45, 2.75) is 161 Å². The molecule has 0 aliphatic heterocycles. The van der Waals surface area contributed by atoms with E-state index in [9.17, 15) is 14.7 Å². The maximum Gasteiger partial charge on any atom is 0.306 e. The van der Waals surface area contributed by atoms with E-state index in [-0.39, 0.29) is 25.2 Å². The molecule has 0 aromatic rings. The third-order valence-electron chi connectivity index (χ3n) is 7.11. The Morgan fingerprint density at radius 3 is 1.57 bits per heavy atom. The Morgan fingerprint density at radius 1 is 0.571 bits per heavy atom. The summed E-state index contributed by atoms with van der Waals surface area (Å²) in [6, 6.07) is 0. The summed E-state index contributed by atoms with van der Waals surface area (Å²) in [4.78, 5) is 24.1. The number of allylic oxidation sites excluding steroid dienone is 8. The van der Waals surface area contributed by atoms with E-state index in [1.54, 1.807) is 0 Å². The first-order chi connectivity index (χ1) is 20.6. The summed E-state index contributed by atoms with van der Waals surface area (Å²) in [6.07, 6.45) is 40.2. The van der Waals surface area contributed by atoms with Gasteiger partial charge in [-0.25, -0.2) is 0 Å². The summed E-state index contributed by atoms with van der Waals surface area (Å²) in [6.45, 7) is 3.97. The highest BCUT2D eigenvalue weighted by molar-refractivity contribution is 5.70. The molecule has 1 atom stereocenters. The van der Waals surface area contributed by atoms with Crippen molar-refractivity contribution < 1.29 is 24.2 Å². The highest BCUT2D eigenvalue weighted by Gasteiger charge is 2.16. The first kappa shape index (κ1) is 39.9. The lowest BCUT2D eigenvalue weighted by Gasteiger charge is -2.15. The van der Waals surface area contributed by atoms with E-state index in [0.717, 1.165) is 77.0 Å². The number of hydrogen-bond donors (Lipinski definition) is 1. The van der Waals surface area contributed by atoms with E-state index in [4.69, 9.17) is 9.47 Å². The highest BCUT2D eigenvalue weighted by Crippen LogP contribution is 2.11. The number of esters is 2. The predicted octanol–water partition coefficient (Wildman–Crippen LogP) is 10.3. The van der Waals surface area contributed by atoms with Crippen LogP contribution in [0.3, 0.4) is 0 Å². The summed E-state index contributed by atoms with van der Waals surface area (Å²) >= 11 is 0. The second-order valence-electron chi connectivity index (χ2n) is 11.2. The summed E-state index contributed by atoms with van der Waals surface area (Å²) in [5.74, 6) is -0.626. The Bertz CT molecular complexity index is 722. The Morgan fingerprint density at radius 2 is 1.02 bits per heavy atom. The van der Waals surface area contributed by atoms with Gasteiger partial charge in [0.25, 0.3) is 0 Å². The fourth-order valence-electron chi connectivity index (χ4n) is 4.50. The SMILES string of the molecule is CC/C=C\C/C=C\C/C=C\CCCCCCCC(=O)O[C@@H](CO)COC(=O)CCCCCCC/C=C\CCCCCC. The molecular weight excluding hydrogens is 524 g/mol. The third-order valence-corrected chi connectivity index (χ3v) is 7.11. The van der Waals surface area contributed by atoms with E-state index >= 15 is 0 Å². The molecule has 0 unspecified atom stereocenters. The van der Waals surface area contributed by atoms with Crippen LogP contribution < -0.4 is 0 Å². The summed E-state index contributed by atoms with van der Waals surface area (Å²) in [5.41, 5.74) is 0. The van der Waals surface area contributed by atoms with Crippen molar-refractivity contribution in [2.24, 2.45) is 0 Å². The van der Waals surface area contributed by atoms with Crippen molar-refractivity contribution in [3.05, 3.63) is 48.6 Å². The second kappa shape index (κ2) is 33.4. The molecule has 0 aliphatic carbocycles.